The number of hydrogen-bond donors (Lipinski definition) is 1. The zero-order chi connectivity index (χ0) is 13.0. The lowest BCUT2D eigenvalue weighted by Gasteiger charge is -2.32. The molecule has 0 aliphatic carbocycles. The first-order chi connectivity index (χ1) is 8.65. The largest absolute Gasteiger partial charge is 0.434 e. The molecule has 1 atom stereocenters. The molecule has 1 aliphatic rings. The van der Waals surface area contributed by atoms with Crippen LogP contribution in [-0.4, -0.2) is 37.2 Å². The van der Waals surface area contributed by atoms with Crippen LogP contribution in [0.15, 0.2) is 24.3 Å². The molecule has 0 bridgehead atoms. The number of piperazine rings is 1. The van der Waals surface area contributed by atoms with Crippen LogP contribution in [0.2, 0.25) is 0 Å². The molecule has 0 radical (unpaired) electrons. The molecule has 1 aliphatic heterocycles. The van der Waals surface area contributed by atoms with Crippen molar-refractivity contribution < 1.29 is 13.5 Å². The maximum atomic E-state index is 12.3. The predicted molar refractivity (Wildman–Crippen MR) is 65.8 cm³/mol. The van der Waals surface area contributed by atoms with Gasteiger partial charge < -0.3 is 10.1 Å². The summed E-state index contributed by atoms with van der Waals surface area (Å²) in [5.74, 6) is 0.277. The molecule has 18 heavy (non-hydrogen) atoms. The van der Waals surface area contributed by atoms with Crippen molar-refractivity contribution >= 4 is 0 Å². The molecule has 0 amide bonds. The Morgan fingerprint density at radius 3 is 2.94 bits per heavy atom. The van der Waals surface area contributed by atoms with E-state index in [-0.39, 0.29) is 5.75 Å². The summed E-state index contributed by atoms with van der Waals surface area (Å²) in [5, 5.41) is 3.35. The molecule has 1 N–H and O–H groups in total. The number of halogens is 2. The molecule has 1 aromatic carbocycles. The molecule has 1 fully saturated rings. The third kappa shape index (κ3) is 3.65. The van der Waals surface area contributed by atoms with Crippen LogP contribution in [0.3, 0.4) is 0 Å². The Hall–Kier alpha value is -1.20. The third-order valence-corrected chi connectivity index (χ3v) is 3.04. The molecular weight excluding hydrogens is 238 g/mol. The highest BCUT2D eigenvalue weighted by atomic mass is 19.3. The average Bonchev–Trinajstić information content (AvgIpc) is 2.31. The standard InChI is InChI=1S/C13H18F2N2O/c1-10-8-17(7-6-16-10)9-11-4-2-3-5-12(11)18-13(14)15/h2-5,10,13,16H,6-9H2,1H3/t10-/m1/s1. The van der Waals surface area contributed by atoms with E-state index in [2.05, 4.69) is 21.9 Å². The highest BCUT2D eigenvalue weighted by Gasteiger charge is 2.17. The van der Waals surface area contributed by atoms with Crippen LogP contribution >= 0.6 is 0 Å². The van der Waals surface area contributed by atoms with Gasteiger partial charge in [-0.2, -0.15) is 8.78 Å². The number of ether oxygens (including phenoxy) is 1. The Kier molecular flexibility index (Phi) is 4.49. The second kappa shape index (κ2) is 6.11. The van der Waals surface area contributed by atoms with Crippen molar-refractivity contribution in [1.82, 2.24) is 10.2 Å². The third-order valence-electron chi connectivity index (χ3n) is 3.04. The smallest absolute Gasteiger partial charge is 0.387 e. The lowest BCUT2D eigenvalue weighted by atomic mass is 10.1. The van der Waals surface area contributed by atoms with Gasteiger partial charge in [0.2, 0.25) is 0 Å². The highest BCUT2D eigenvalue weighted by Crippen LogP contribution is 2.22. The lowest BCUT2D eigenvalue weighted by molar-refractivity contribution is -0.0508. The van der Waals surface area contributed by atoms with Gasteiger partial charge in [-0.05, 0) is 13.0 Å². The number of nitrogens with one attached hydrogen (secondary N) is 1. The van der Waals surface area contributed by atoms with Crippen LogP contribution in [0.1, 0.15) is 12.5 Å². The van der Waals surface area contributed by atoms with Gasteiger partial charge in [-0.15, -0.1) is 0 Å². The van der Waals surface area contributed by atoms with Gasteiger partial charge in [0.25, 0.3) is 0 Å². The van der Waals surface area contributed by atoms with Gasteiger partial charge in [0.15, 0.2) is 0 Å². The molecule has 3 nitrogen and oxygen atoms in total. The Bertz CT molecular complexity index is 387. The fourth-order valence-corrected chi connectivity index (χ4v) is 2.24. The second-order valence-corrected chi connectivity index (χ2v) is 4.58. The number of hydrogen-bond acceptors (Lipinski definition) is 3. The molecule has 1 heterocycles. The first kappa shape index (κ1) is 13.2. The zero-order valence-corrected chi connectivity index (χ0v) is 10.4. The second-order valence-electron chi connectivity index (χ2n) is 4.58. The van der Waals surface area contributed by atoms with Crippen LogP contribution in [-0.2, 0) is 6.54 Å². The summed E-state index contributed by atoms with van der Waals surface area (Å²) >= 11 is 0. The highest BCUT2D eigenvalue weighted by molar-refractivity contribution is 5.33. The molecule has 1 saturated heterocycles. The fourth-order valence-electron chi connectivity index (χ4n) is 2.24. The van der Waals surface area contributed by atoms with Gasteiger partial charge in [0, 0.05) is 37.8 Å². The van der Waals surface area contributed by atoms with E-state index in [1.807, 2.05) is 12.1 Å². The van der Waals surface area contributed by atoms with E-state index in [0.29, 0.717) is 12.6 Å². The summed E-state index contributed by atoms with van der Waals surface area (Å²) in [6.45, 7) is 2.77. The molecule has 2 rings (SSSR count). The van der Waals surface area contributed by atoms with Crippen LogP contribution in [0.4, 0.5) is 8.78 Å². The van der Waals surface area contributed by atoms with Gasteiger partial charge in [-0.1, -0.05) is 18.2 Å². The molecule has 0 spiro atoms. The Morgan fingerprint density at radius 1 is 1.44 bits per heavy atom. The first-order valence-corrected chi connectivity index (χ1v) is 6.13. The topological polar surface area (TPSA) is 24.5 Å². The fraction of sp³-hybridized carbons (Fsp3) is 0.538. The summed E-state index contributed by atoms with van der Waals surface area (Å²) in [7, 11) is 0. The van der Waals surface area contributed by atoms with Gasteiger partial charge in [-0.3, -0.25) is 4.90 Å². The van der Waals surface area contributed by atoms with Crippen molar-refractivity contribution in [3.63, 3.8) is 0 Å². The van der Waals surface area contributed by atoms with Crippen LogP contribution in [0.5, 0.6) is 5.75 Å². The molecule has 0 saturated carbocycles. The zero-order valence-electron chi connectivity index (χ0n) is 10.4. The molecule has 100 valence electrons. The summed E-state index contributed by atoms with van der Waals surface area (Å²) in [5.41, 5.74) is 0.812. The maximum Gasteiger partial charge on any atom is 0.387 e. The first-order valence-electron chi connectivity index (χ1n) is 6.13. The Balaban J connectivity index is 2.03. The normalized spacial score (nSPS) is 21.2. The van der Waals surface area contributed by atoms with Gasteiger partial charge >= 0.3 is 6.61 Å². The van der Waals surface area contributed by atoms with Crippen LogP contribution in [0, 0.1) is 0 Å². The van der Waals surface area contributed by atoms with E-state index in [1.165, 1.54) is 0 Å². The van der Waals surface area contributed by atoms with Crippen molar-refractivity contribution in [3.8, 4) is 5.75 Å². The van der Waals surface area contributed by atoms with E-state index < -0.39 is 6.61 Å². The minimum absolute atomic E-state index is 0.277. The van der Waals surface area contributed by atoms with E-state index in [1.54, 1.807) is 12.1 Å². The number of rotatable bonds is 4. The maximum absolute atomic E-state index is 12.3. The Labute approximate surface area is 106 Å². The van der Waals surface area contributed by atoms with E-state index in [9.17, 15) is 8.78 Å². The molecule has 1 aromatic rings. The van der Waals surface area contributed by atoms with Crippen molar-refractivity contribution in [2.24, 2.45) is 0 Å². The van der Waals surface area contributed by atoms with E-state index >= 15 is 0 Å². The molecule has 5 heteroatoms. The number of benzene rings is 1. The van der Waals surface area contributed by atoms with Gasteiger partial charge in [0.05, 0.1) is 0 Å². The van der Waals surface area contributed by atoms with Crippen LogP contribution in [0.25, 0.3) is 0 Å². The number of nitrogens with zero attached hydrogens (tertiary/aromatic N) is 1. The SMILES string of the molecule is C[C@@H]1CN(Cc2ccccc2OC(F)F)CCN1. The minimum atomic E-state index is -2.77. The van der Waals surface area contributed by atoms with Crippen molar-refractivity contribution in [3.05, 3.63) is 29.8 Å². The lowest BCUT2D eigenvalue weighted by Crippen LogP contribution is -2.48. The van der Waals surface area contributed by atoms with Gasteiger partial charge in [-0.25, -0.2) is 0 Å². The van der Waals surface area contributed by atoms with Crippen molar-refractivity contribution in [1.29, 1.82) is 0 Å². The summed E-state index contributed by atoms with van der Waals surface area (Å²) < 4.78 is 29.1. The quantitative estimate of drug-likeness (QED) is 0.892. The Morgan fingerprint density at radius 2 is 2.22 bits per heavy atom. The molecular formula is C13H18F2N2O. The van der Waals surface area contributed by atoms with E-state index in [0.717, 1.165) is 25.2 Å². The van der Waals surface area contributed by atoms with Crippen molar-refractivity contribution in [2.45, 2.75) is 26.1 Å². The van der Waals surface area contributed by atoms with Gasteiger partial charge in [0.1, 0.15) is 5.75 Å². The number of para-hydroxylation sites is 1. The average molecular weight is 256 g/mol. The monoisotopic (exact) mass is 256 g/mol. The van der Waals surface area contributed by atoms with E-state index in [4.69, 9.17) is 0 Å². The summed E-state index contributed by atoms with van der Waals surface area (Å²) in [4.78, 5) is 2.24. The van der Waals surface area contributed by atoms with Crippen molar-refractivity contribution in [2.75, 3.05) is 19.6 Å². The summed E-state index contributed by atoms with van der Waals surface area (Å²) in [6, 6.07) is 7.42. The predicted octanol–water partition coefficient (Wildman–Crippen LogP) is 2.08. The molecule has 0 unspecified atom stereocenters. The number of alkyl halides is 2. The van der Waals surface area contributed by atoms with Crippen LogP contribution < -0.4 is 10.1 Å². The molecule has 0 aromatic heterocycles. The minimum Gasteiger partial charge on any atom is -0.434 e. The summed E-state index contributed by atoms with van der Waals surface area (Å²) in [6.07, 6.45) is 0.